The Balaban J connectivity index is 2.09. The van der Waals surface area contributed by atoms with Crippen LogP contribution in [0.5, 0.6) is 0 Å². The molecule has 0 aliphatic rings. The summed E-state index contributed by atoms with van der Waals surface area (Å²) in [5.74, 6) is 0. The first-order chi connectivity index (χ1) is 9.11. The smallest absolute Gasteiger partial charge is 0.0521 e. The molecule has 1 unspecified atom stereocenters. The number of aryl methyl sites for hydroxylation is 3. The fourth-order valence-corrected chi connectivity index (χ4v) is 2.85. The third-order valence-electron chi connectivity index (χ3n) is 3.43. The van der Waals surface area contributed by atoms with Crippen molar-refractivity contribution < 1.29 is 0 Å². The van der Waals surface area contributed by atoms with Crippen LogP contribution in [0.15, 0.2) is 35.1 Å². The molecule has 0 aliphatic heterocycles. The third kappa shape index (κ3) is 3.45. The number of hydrogen-bond acceptors (Lipinski definition) is 2. The van der Waals surface area contributed by atoms with Gasteiger partial charge in [0.2, 0.25) is 0 Å². The molecule has 0 spiro atoms. The number of rotatable bonds is 5. The van der Waals surface area contributed by atoms with E-state index in [1.807, 2.05) is 25.0 Å². The lowest BCUT2D eigenvalue weighted by molar-refractivity contribution is 0.547. The summed E-state index contributed by atoms with van der Waals surface area (Å²) in [6, 6.07) is 6.78. The van der Waals surface area contributed by atoms with Crippen molar-refractivity contribution in [2.45, 2.75) is 25.8 Å². The summed E-state index contributed by atoms with van der Waals surface area (Å²) in [4.78, 5) is 0. The maximum absolute atomic E-state index is 4.21. The van der Waals surface area contributed by atoms with Gasteiger partial charge in [0, 0.05) is 23.8 Å². The largest absolute Gasteiger partial charge is 0.313 e. The predicted octanol–water partition coefficient (Wildman–Crippen LogP) is 3.38. The molecule has 102 valence electrons. The van der Waals surface area contributed by atoms with Crippen molar-refractivity contribution in [1.29, 1.82) is 0 Å². The van der Waals surface area contributed by atoms with Crippen molar-refractivity contribution in [2.75, 3.05) is 7.05 Å². The van der Waals surface area contributed by atoms with Gasteiger partial charge in [-0.1, -0.05) is 34.1 Å². The van der Waals surface area contributed by atoms with Gasteiger partial charge in [0.15, 0.2) is 0 Å². The summed E-state index contributed by atoms with van der Waals surface area (Å²) in [7, 11) is 3.97. The highest BCUT2D eigenvalue weighted by molar-refractivity contribution is 9.10. The lowest BCUT2D eigenvalue weighted by Crippen LogP contribution is -2.17. The highest BCUT2D eigenvalue weighted by atomic mass is 79.9. The van der Waals surface area contributed by atoms with Crippen LogP contribution in [0.1, 0.15) is 29.2 Å². The summed E-state index contributed by atoms with van der Waals surface area (Å²) in [6.45, 7) is 2.13. The van der Waals surface area contributed by atoms with Crippen LogP contribution in [0, 0.1) is 6.92 Å². The van der Waals surface area contributed by atoms with Gasteiger partial charge >= 0.3 is 0 Å². The zero-order chi connectivity index (χ0) is 13.8. The highest BCUT2D eigenvalue weighted by Gasteiger charge is 2.13. The van der Waals surface area contributed by atoms with Crippen LogP contribution in [0.25, 0.3) is 0 Å². The maximum Gasteiger partial charge on any atom is 0.0521 e. The highest BCUT2D eigenvalue weighted by Crippen LogP contribution is 2.29. The molecule has 1 N–H and O–H groups in total. The molecule has 0 saturated carbocycles. The quantitative estimate of drug-likeness (QED) is 0.914. The maximum atomic E-state index is 4.21. The molecule has 3 nitrogen and oxygen atoms in total. The molecule has 0 aliphatic carbocycles. The number of aromatic nitrogens is 2. The van der Waals surface area contributed by atoms with Crippen LogP contribution in [0.4, 0.5) is 0 Å². The Morgan fingerprint density at radius 2 is 2.21 bits per heavy atom. The van der Waals surface area contributed by atoms with Crippen molar-refractivity contribution >= 4 is 15.9 Å². The molecular weight excluding hydrogens is 302 g/mol. The summed E-state index contributed by atoms with van der Waals surface area (Å²) in [6.07, 6.45) is 6.11. The van der Waals surface area contributed by atoms with Crippen molar-refractivity contribution in [3.63, 3.8) is 0 Å². The Kier molecular flexibility index (Phi) is 4.77. The average molecular weight is 322 g/mol. The van der Waals surface area contributed by atoms with Crippen LogP contribution < -0.4 is 5.32 Å². The molecule has 0 fully saturated rings. The van der Waals surface area contributed by atoms with Crippen molar-refractivity contribution in [3.8, 4) is 0 Å². The molecule has 4 heteroatoms. The van der Waals surface area contributed by atoms with Gasteiger partial charge in [-0.15, -0.1) is 0 Å². The average Bonchev–Trinajstić information content (AvgIpc) is 2.81. The van der Waals surface area contributed by atoms with E-state index in [1.54, 1.807) is 0 Å². The first kappa shape index (κ1) is 14.3. The van der Waals surface area contributed by atoms with Crippen LogP contribution in [-0.4, -0.2) is 16.8 Å². The minimum Gasteiger partial charge on any atom is -0.313 e. The van der Waals surface area contributed by atoms with Gasteiger partial charge in [0.05, 0.1) is 6.20 Å². The molecule has 1 atom stereocenters. The molecule has 1 aromatic heterocycles. The van der Waals surface area contributed by atoms with Crippen molar-refractivity contribution in [1.82, 2.24) is 15.1 Å². The van der Waals surface area contributed by atoms with E-state index in [0.717, 1.165) is 12.8 Å². The van der Waals surface area contributed by atoms with E-state index in [9.17, 15) is 0 Å². The van der Waals surface area contributed by atoms with E-state index in [2.05, 4.69) is 57.7 Å². The van der Waals surface area contributed by atoms with Gasteiger partial charge in [0.25, 0.3) is 0 Å². The molecule has 0 bridgehead atoms. The predicted molar refractivity (Wildman–Crippen MR) is 82.2 cm³/mol. The number of hydrogen-bond donors (Lipinski definition) is 1. The zero-order valence-corrected chi connectivity index (χ0v) is 13.2. The first-order valence-corrected chi connectivity index (χ1v) is 7.31. The molecule has 0 amide bonds. The topological polar surface area (TPSA) is 29.9 Å². The monoisotopic (exact) mass is 321 g/mol. The number of nitrogens with zero attached hydrogens (tertiary/aromatic N) is 2. The van der Waals surface area contributed by atoms with Crippen molar-refractivity contribution in [2.24, 2.45) is 7.05 Å². The standard InChI is InChI=1S/C15H20BrN3/c1-11-5-4-6-13(15(11)16)14(17-2)8-7-12-9-18-19(3)10-12/h4-6,9-10,14,17H,7-8H2,1-3H3. The number of halogens is 1. The second kappa shape index (κ2) is 6.35. The molecule has 1 aromatic carbocycles. The summed E-state index contributed by atoms with van der Waals surface area (Å²) in [5, 5.41) is 7.62. The van der Waals surface area contributed by atoms with Crippen LogP contribution >= 0.6 is 15.9 Å². The van der Waals surface area contributed by atoms with E-state index in [-0.39, 0.29) is 0 Å². The summed E-state index contributed by atoms with van der Waals surface area (Å²) >= 11 is 3.70. The van der Waals surface area contributed by atoms with E-state index in [0.29, 0.717) is 6.04 Å². The van der Waals surface area contributed by atoms with Gasteiger partial charge in [-0.05, 0) is 43.5 Å². The van der Waals surface area contributed by atoms with Gasteiger partial charge in [-0.2, -0.15) is 5.10 Å². The Bertz CT molecular complexity index is 548. The zero-order valence-electron chi connectivity index (χ0n) is 11.7. The van der Waals surface area contributed by atoms with Crippen LogP contribution in [0.3, 0.4) is 0 Å². The minimum absolute atomic E-state index is 0.356. The second-order valence-corrected chi connectivity index (χ2v) is 5.67. The molecule has 2 aromatic rings. The molecule has 0 radical (unpaired) electrons. The SMILES string of the molecule is CNC(CCc1cnn(C)c1)c1cccc(C)c1Br. The minimum atomic E-state index is 0.356. The fraction of sp³-hybridized carbons (Fsp3) is 0.400. The van der Waals surface area contributed by atoms with Gasteiger partial charge < -0.3 is 5.32 Å². The summed E-state index contributed by atoms with van der Waals surface area (Å²) in [5.41, 5.74) is 3.89. The van der Waals surface area contributed by atoms with Crippen LogP contribution in [0.2, 0.25) is 0 Å². The van der Waals surface area contributed by atoms with Crippen molar-refractivity contribution in [3.05, 3.63) is 51.8 Å². The lowest BCUT2D eigenvalue weighted by Gasteiger charge is -2.19. The number of benzene rings is 1. The Morgan fingerprint density at radius 1 is 1.42 bits per heavy atom. The van der Waals surface area contributed by atoms with E-state index < -0.39 is 0 Å². The third-order valence-corrected chi connectivity index (χ3v) is 4.51. The van der Waals surface area contributed by atoms with E-state index >= 15 is 0 Å². The van der Waals surface area contributed by atoms with Gasteiger partial charge in [0.1, 0.15) is 0 Å². The van der Waals surface area contributed by atoms with E-state index in [4.69, 9.17) is 0 Å². The van der Waals surface area contributed by atoms with Gasteiger partial charge in [-0.25, -0.2) is 0 Å². The summed E-state index contributed by atoms with van der Waals surface area (Å²) < 4.78 is 3.06. The molecule has 1 heterocycles. The fourth-order valence-electron chi connectivity index (χ4n) is 2.31. The first-order valence-electron chi connectivity index (χ1n) is 6.51. The van der Waals surface area contributed by atoms with E-state index in [1.165, 1.54) is 21.2 Å². The second-order valence-electron chi connectivity index (χ2n) is 4.88. The van der Waals surface area contributed by atoms with Crippen LogP contribution in [-0.2, 0) is 13.5 Å². The normalized spacial score (nSPS) is 12.6. The Hall–Kier alpha value is -1.13. The molecule has 2 rings (SSSR count). The number of nitrogens with one attached hydrogen (secondary N) is 1. The molecular formula is C15H20BrN3. The van der Waals surface area contributed by atoms with Gasteiger partial charge in [-0.3, -0.25) is 4.68 Å². The Labute approximate surface area is 123 Å². The Morgan fingerprint density at radius 3 is 2.84 bits per heavy atom. The lowest BCUT2D eigenvalue weighted by atomic mass is 9.99. The molecule has 0 saturated heterocycles. The molecule has 19 heavy (non-hydrogen) atoms.